The van der Waals surface area contributed by atoms with Crippen LogP contribution in [0.4, 0.5) is 0 Å². The first-order valence-corrected chi connectivity index (χ1v) is 12.1. The first-order valence-electron chi connectivity index (χ1n) is 11.7. The maximum absolute atomic E-state index is 13.5. The number of aryl methyl sites for hydroxylation is 1. The molecule has 3 aromatic carbocycles. The molecule has 0 aliphatic carbocycles. The summed E-state index contributed by atoms with van der Waals surface area (Å²) in [6.07, 6.45) is 2.36. The SMILES string of the molecule is CC[C@H](C)NC(=O)[C@H](CC)N(Cc1ccc(Cl)cc1)C(=O)CCc1cccc2ccccc12. The highest BCUT2D eigenvalue weighted by atomic mass is 35.5. The van der Waals surface area contributed by atoms with E-state index < -0.39 is 6.04 Å². The molecule has 2 amide bonds. The van der Waals surface area contributed by atoms with E-state index in [0.717, 1.165) is 17.5 Å². The third kappa shape index (κ3) is 6.58. The number of fused-ring (bicyclic) bond motifs is 1. The van der Waals surface area contributed by atoms with Crippen molar-refractivity contribution in [1.82, 2.24) is 10.2 Å². The molecule has 174 valence electrons. The van der Waals surface area contributed by atoms with Crippen LogP contribution in [0.3, 0.4) is 0 Å². The van der Waals surface area contributed by atoms with Gasteiger partial charge in [-0.05, 0) is 60.2 Å². The van der Waals surface area contributed by atoms with Gasteiger partial charge in [-0.25, -0.2) is 0 Å². The summed E-state index contributed by atoms with van der Waals surface area (Å²) >= 11 is 6.04. The molecule has 33 heavy (non-hydrogen) atoms. The van der Waals surface area contributed by atoms with Crippen molar-refractivity contribution < 1.29 is 9.59 Å². The van der Waals surface area contributed by atoms with Crippen molar-refractivity contribution in [3.63, 3.8) is 0 Å². The fourth-order valence-corrected chi connectivity index (χ4v) is 4.17. The summed E-state index contributed by atoms with van der Waals surface area (Å²) in [5, 5.41) is 6.03. The van der Waals surface area contributed by atoms with Gasteiger partial charge in [-0.2, -0.15) is 0 Å². The number of nitrogens with one attached hydrogen (secondary N) is 1. The van der Waals surface area contributed by atoms with Gasteiger partial charge in [-0.1, -0.05) is 80.0 Å². The molecular formula is C28H33ClN2O2. The van der Waals surface area contributed by atoms with Crippen LogP contribution in [-0.2, 0) is 22.6 Å². The maximum atomic E-state index is 13.5. The first-order chi connectivity index (χ1) is 15.9. The van der Waals surface area contributed by atoms with Crippen LogP contribution in [0.5, 0.6) is 0 Å². The molecule has 0 aliphatic rings. The van der Waals surface area contributed by atoms with Gasteiger partial charge in [0.1, 0.15) is 6.04 Å². The maximum Gasteiger partial charge on any atom is 0.243 e. The van der Waals surface area contributed by atoms with Gasteiger partial charge in [0.25, 0.3) is 0 Å². The Hall–Kier alpha value is -2.85. The normalized spacial score (nSPS) is 12.8. The summed E-state index contributed by atoms with van der Waals surface area (Å²) in [6.45, 7) is 6.34. The van der Waals surface area contributed by atoms with E-state index in [2.05, 4.69) is 29.6 Å². The zero-order valence-electron chi connectivity index (χ0n) is 19.7. The fourth-order valence-electron chi connectivity index (χ4n) is 4.04. The van der Waals surface area contributed by atoms with Gasteiger partial charge >= 0.3 is 0 Å². The molecule has 3 aromatic rings. The van der Waals surface area contributed by atoms with E-state index in [9.17, 15) is 9.59 Å². The second-order valence-corrected chi connectivity index (χ2v) is 8.96. The lowest BCUT2D eigenvalue weighted by atomic mass is 10.00. The molecule has 1 N–H and O–H groups in total. The van der Waals surface area contributed by atoms with Gasteiger partial charge in [0.2, 0.25) is 11.8 Å². The van der Waals surface area contributed by atoms with Crippen LogP contribution in [0.1, 0.15) is 51.2 Å². The van der Waals surface area contributed by atoms with Gasteiger partial charge in [-0.3, -0.25) is 9.59 Å². The molecule has 0 radical (unpaired) electrons. The molecule has 0 aliphatic heterocycles. The molecule has 0 unspecified atom stereocenters. The predicted molar refractivity (Wildman–Crippen MR) is 136 cm³/mol. The second kappa shape index (κ2) is 11.9. The van der Waals surface area contributed by atoms with Crippen LogP contribution >= 0.6 is 11.6 Å². The van der Waals surface area contributed by atoms with Gasteiger partial charge in [0, 0.05) is 24.0 Å². The minimum absolute atomic E-state index is 0.0240. The van der Waals surface area contributed by atoms with Crippen LogP contribution in [0.2, 0.25) is 5.02 Å². The number of rotatable bonds is 10. The standard InChI is InChI=1S/C28H33ClN2O2/c1-4-20(3)30-28(33)26(5-2)31(19-21-13-16-24(29)17-14-21)27(32)18-15-23-11-8-10-22-9-6-7-12-25(22)23/h6-14,16-17,20,26H,4-5,15,18-19H2,1-3H3,(H,30,33)/t20-,26-/m0/s1. The summed E-state index contributed by atoms with van der Waals surface area (Å²) in [4.78, 5) is 28.3. The summed E-state index contributed by atoms with van der Waals surface area (Å²) in [7, 11) is 0. The van der Waals surface area contributed by atoms with Crippen molar-refractivity contribution in [2.75, 3.05) is 0 Å². The van der Waals surface area contributed by atoms with Crippen molar-refractivity contribution in [3.05, 3.63) is 82.9 Å². The van der Waals surface area contributed by atoms with E-state index in [1.165, 1.54) is 10.8 Å². The zero-order chi connectivity index (χ0) is 23.8. The number of carbonyl (C=O) groups is 2. The molecule has 0 spiro atoms. The Balaban J connectivity index is 1.82. The number of hydrogen-bond donors (Lipinski definition) is 1. The smallest absolute Gasteiger partial charge is 0.243 e. The number of halogens is 1. The summed E-state index contributed by atoms with van der Waals surface area (Å²) < 4.78 is 0. The van der Waals surface area contributed by atoms with E-state index in [0.29, 0.717) is 30.8 Å². The largest absolute Gasteiger partial charge is 0.352 e. The molecule has 0 saturated heterocycles. The van der Waals surface area contributed by atoms with Crippen LogP contribution in [0.25, 0.3) is 10.8 Å². The Morgan fingerprint density at radius 1 is 0.939 bits per heavy atom. The Labute approximate surface area is 201 Å². The van der Waals surface area contributed by atoms with Crippen molar-refractivity contribution >= 4 is 34.2 Å². The van der Waals surface area contributed by atoms with Crippen LogP contribution in [0, 0.1) is 0 Å². The molecule has 5 heteroatoms. The monoisotopic (exact) mass is 464 g/mol. The molecule has 0 saturated carbocycles. The molecule has 0 aromatic heterocycles. The lowest BCUT2D eigenvalue weighted by molar-refractivity contribution is -0.141. The minimum atomic E-state index is -0.519. The van der Waals surface area contributed by atoms with E-state index in [4.69, 9.17) is 11.6 Å². The van der Waals surface area contributed by atoms with E-state index in [1.807, 2.05) is 63.2 Å². The topological polar surface area (TPSA) is 49.4 Å². The number of benzene rings is 3. The van der Waals surface area contributed by atoms with E-state index in [1.54, 1.807) is 4.90 Å². The number of nitrogens with zero attached hydrogens (tertiary/aromatic N) is 1. The Kier molecular flexibility index (Phi) is 8.90. The first kappa shape index (κ1) is 24.8. The van der Waals surface area contributed by atoms with Crippen LogP contribution < -0.4 is 5.32 Å². The van der Waals surface area contributed by atoms with Crippen molar-refractivity contribution in [2.45, 2.75) is 65.1 Å². The molecule has 0 heterocycles. The lowest BCUT2D eigenvalue weighted by Gasteiger charge is -2.31. The fraction of sp³-hybridized carbons (Fsp3) is 0.357. The van der Waals surface area contributed by atoms with E-state index >= 15 is 0 Å². The van der Waals surface area contributed by atoms with E-state index in [-0.39, 0.29) is 17.9 Å². The summed E-state index contributed by atoms with van der Waals surface area (Å²) in [6, 6.07) is 21.4. The average molecular weight is 465 g/mol. The highest BCUT2D eigenvalue weighted by Crippen LogP contribution is 2.21. The number of amides is 2. The highest BCUT2D eigenvalue weighted by Gasteiger charge is 2.29. The van der Waals surface area contributed by atoms with Gasteiger partial charge in [0.05, 0.1) is 0 Å². The lowest BCUT2D eigenvalue weighted by Crippen LogP contribution is -2.50. The Bertz CT molecular complexity index is 1080. The summed E-state index contributed by atoms with van der Waals surface area (Å²) in [5.74, 6) is -0.122. The predicted octanol–water partition coefficient (Wildman–Crippen LogP) is 6.15. The second-order valence-electron chi connectivity index (χ2n) is 8.53. The van der Waals surface area contributed by atoms with Crippen molar-refractivity contribution in [2.24, 2.45) is 0 Å². The molecule has 4 nitrogen and oxygen atoms in total. The molecule has 3 rings (SSSR count). The van der Waals surface area contributed by atoms with Crippen molar-refractivity contribution in [3.8, 4) is 0 Å². The average Bonchev–Trinajstić information content (AvgIpc) is 2.83. The Morgan fingerprint density at radius 3 is 2.33 bits per heavy atom. The third-order valence-corrected chi connectivity index (χ3v) is 6.39. The number of hydrogen-bond acceptors (Lipinski definition) is 2. The molecular weight excluding hydrogens is 432 g/mol. The summed E-state index contributed by atoms with van der Waals surface area (Å²) in [5.41, 5.74) is 2.10. The van der Waals surface area contributed by atoms with Gasteiger partial charge in [0.15, 0.2) is 0 Å². The van der Waals surface area contributed by atoms with Gasteiger partial charge < -0.3 is 10.2 Å². The molecule has 2 atom stereocenters. The quantitative estimate of drug-likeness (QED) is 0.391. The van der Waals surface area contributed by atoms with Gasteiger partial charge in [-0.15, -0.1) is 0 Å². The molecule has 0 fully saturated rings. The third-order valence-electron chi connectivity index (χ3n) is 6.14. The van der Waals surface area contributed by atoms with Crippen molar-refractivity contribution in [1.29, 1.82) is 0 Å². The molecule has 0 bridgehead atoms. The number of carbonyl (C=O) groups excluding carboxylic acids is 2. The minimum Gasteiger partial charge on any atom is -0.352 e. The Morgan fingerprint density at radius 2 is 1.64 bits per heavy atom. The van der Waals surface area contributed by atoms with Crippen LogP contribution in [0.15, 0.2) is 66.7 Å². The van der Waals surface area contributed by atoms with Crippen LogP contribution in [-0.4, -0.2) is 28.8 Å². The highest BCUT2D eigenvalue weighted by molar-refractivity contribution is 6.30. The zero-order valence-corrected chi connectivity index (χ0v) is 20.4.